The van der Waals surface area contributed by atoms with Crippen molar-refractivity contribution in [2.75, 3.05) is 28.2 Å². The van der Waals surface area contributed by atoms with Crippen LogP contribution in [0, 0.1) is 0 Å². The highest BCUT2D eigenvalue weighted by atomic mass is 35.5. The molecule has 3 aromatic rings. The standard InChI is InChI=1S/C23H30N4O3.3ClH/c1-14(2)27-18-10-16(15-8-7-9-24-11-15)22(28)17(12-25(3)4)20(18)21(23(29)30)19(27)13-26(5)6;;;/h7-11,14,28H,12-13H2,1-6H3,(H,29,30);3*1H. The second-order valence-corrected chi connectivity index (χ2v) is 8.45. The van der Waals surface area contributed by atoms with Gasteiger partial charge >= 0.3 is 5.97 Å². The van der Waals surface area contributed by atoms with E-state index < -0.39 is 5.97 Å². The zero-order valence-corrected chi connectivity index (χ0v) is 22.1. The van der Waals surface area contributed by atoms with Crippen LogP contribution in [0.15, 0.2) is 30.6 Å². The lowest BCUT2D eigenvalue weighted by Crippen LogP contribution is -2.18. The molecule has 0 atom stereocenters. The first-order chi connectivity index (χ1) is 14.1. The normalized spacial score (nSPS) is 10.8. The molecule has 184 valence electrons. The van der Waals surface area contributed by atoms with Gasteiger partial charge in [-0.1, -0.05) is 6.07 Å². The molecule has 7 nitrogen and oxygen atoms in total. The van der Waals surface area contributed by atoms with Crippen LogP contribution in [0.5, 0.6) is 5.75 Å². The van der Waals surface area contributed by atoms with E-state index in [4.69, 9.17) is 0 Å². The third kappa shape index (κ3) is 6.11. The third-order valence-electron chi connectivity index (χ3n) is 5.11. The van der Waals surface area contributed by atoms with E-state index in [1.54, 1.807) is 12.4 Å². The molecule has 3 rings (SSSR count). The Balaban J connectivity index is 0.00000341. The van der Waals surface area contributed by atoms with Gasteiger partial charge in [-0.25, -0.2) is 4.79 Å². The highest BCUT2D eigenvalue weighted by Crippen LogP contribution is 2.42. The van der Waals surface area contributed by atoms with Crippen LogP contribution >= 0.6 is 37.2 Å². The molecule has 0 aliphatic rings. The second-order valence-electron chi connectivity index (χ2n) is 8.45. The summed E-state index contributed by atoms with van der Waals surface area (Å²) in [6, 6.07) is 5.67. The Kier molecular flexibility index (Phi) is 11.7. The van der Waals surface area contributed by atoms with Crippen LogP contribution in [0.3, 0.4) is 0 Å². The molecule has 1 aromatic carbocycles. The van der Waals surface area contributed by atoms with Gasteiger partial charge in [-0.2, -0.15) is 0 Å². The summed E-state index contributed by atoms with van der Waals surface area (Å²) in [4.78, 5) is 20.5. The molecule has 0 aliphatic heterocycles. The molecular formula is C23H33Cl3N4O3. The van der Waals surface area contributed by atoms with E-state index in [-0.39, 0.29) is 54.6 Å². The molecule has 10 heteroatoms. The SMILES string of the molecule is CC(C)n1c(CN(C)C)c(C(=O)O)c2c(CN(C)C)c(O)c(-c3cccnc3)cc21.Cl.Cl.Cl. The Morgan fingerprint density at radius 2 is 1.70 bits per heavy atom. The van der Waals surface area contributed by atoms with E-state index in [0.29, 0.717) is 29.6 Å². The van der Waals surface area contributed by atoms with Crippen molar-refractivity contribution in [3.8, 4) is 16.9 Å². The van der Waals surface area contributed by atoms with Crippen LogP contribution in [-0.2, 0) is 13.1 Å². The summed E-state index contributed by atoms with van der Waals surface area (Å²) in [5.41, 5.74) is 3.87. The number of fused-ring (bicyclic) bond motifs is 1. The summed E-state index contributed by atoms with van der Waals surface area (Å²) in [5.74, 6) is -0.881. The first-order valence-corrected chi connectivity index (χ1v) is 9.98. The first-order valence-electron chi connectivity index (χ1n) is 9.98. The van der Waals surface area contributed by atoms with Crippen LogP contribution in [0.4, 0.5) is 0 Å². The number of benzene rings is 1. The lowest BCUT2D eigenvalue weighted by Gasteiger charge is -2.19. The molecule has 0 unspecified atom stereocenters. The molecule has 0 aliphatic carbocycles. The fraction of sp³-hybridized carbons (Fsp3) is 0.391. The number of nitrogens with zero attached hydrogens (tertiary/aromatic N) is 4. The maximum Gasteiger partial charge on any atom is 0.338 e. The van der Waals surface area contributed by atoms with Gasteiger partial charge in [0.25, 0.3) is 0 Å². The van der Waals surface area contributed by atoms with E-state index >= 15 is 0 Å². The fourth-order valence-corrected chi connectivity index (χ4v) is 4.08. The zero-order valence-electron chi connectivity index (χ0n) is 19.7. The Hall–Kier alpha value is -2.03. The van der Waals surface area contributed by atoms with Crippen LogP contribution in [0.1, 0.15) is 41.5 Å². The van der Waals surface area contributed by atoms with Crippen LogP contribution in [-0.4, -0.2) is 63.7 Å². The smallest absolute Gasteiger partial charge is 0.338 e. The Labute approximate surface area is 213 Å². The Morgan fingerprint density at radius 1 is 1.09 bits per heavy atom. The molecule has 2 aromatic heterocycles. The molecule has 2 N–H and O–H groups in total. The summed E-state index contributed by atoms with van der Waals surface area (Å²) in [6.45, 7) is 5.00. The average Bonchev–Trinajstić information content (AvgIpc) is 2.97. The van der Waals surface area contributed by atoms with Crippen molar-refractivity contribution >= 4 is 54.1 Å². The van der Waals surface area contributed by atoms with Crippen molar-refractivity contribution in [1.82, 2.24) is 19.4 Å². The first kappa shape index (κ1) is 31.0. The number of phenolic OH excluding ortho intramolecular Hbond substituents is 1. The number of aromatic carboxylic acids is 1. The second kappa shape index (κ2) is 12.4. The van der Waals surface area contributed by atoms with Gasteiger partial charge in [-0.15, -0.1) is 37.2 Å². The van der Waals surface area contributed by atoms with Crippen LogP contribution in [0.2, 0.25) is 0 Å². The van der Waals surface area contributed by atoms with Crippen molar-refractivity contribution in [3.63, 3.8) is 0 Å². The topological polar surface area (TPSA) is 81.8 Å². The number of rotatable bonds is 7. The van der Waals surface area contributed by atoms with Gasteiger partial charge in [-0.3, -0.25) is 4.98 Å². The third-order valence-corrected chi connectivity index (χ3v) is 5.11. The fourth-order valence-electron chi connectivity index (χ4n) is 4.08. The van der Waals surface area contributed by atoms with E-state index in [0.717, 1.165) is 16.8 Å². The van der Waals surface area contributed by atoms with Gasteiger partial charge in [-0.05, 0) is 54.2 Å². The minimum atomic E-state index is -0.982. The number of carboxylic acid groups (broad SMARTS) is 1. The summed E-state index contributed by atoms with van der Waals surface area (Å²) < 4.78 is 2.08. The summed E-state index contributed by atoms with van der Waals surface area (Å²) in [7, 11) is 7.66. The quantitative estimate of drug-likeness (QED) is 0.453. The van der Waals surface area contributed by atoms with Gasteiger partial charge in [0.05, 0.1) is 11.1 Å². The molecule has 0 spiro atoms. The van der Waals surface area contributed by atoms with Crippen molar-refractivity contribution < 1.29 is 15.0 Å². The van der Waals surface area contributed by atoms with Crippen molar-refractivity contribution in [2.45, 2.75) is 33.0 Å². The number of hydrogen-bond acceptors (Lipinski definition) is 5. The monoisotopic (exact) mass is 518 g/mol. The Bertz CT molecular complexity index is 1080. The largest absolute Gasteiger partial charge is 0.507 e. The van der Waals surface area contributed by atoms with E-state index in [1.165, 1.54) is 0 Å². The van der Waals surface area contributed by atoms with E-state index in [9.17, 15) is 15.0 Å². The predicted octanol–water partition coefficient (Wildman–Crippen LogP) is 5.08. The summed E-state index contributed by atoms with van der Waals surface area (Å²) >= 11 is 0. The molecular weight excluding hydrogens is 487 g/mol. The van der Waals surface area contributed by atoms with Crippen molar-refractivity contribution in [2.24, 2.45) is 0 Å². The number of hydrogen-bond donors (Lipinski definition) is 2. The minimum Gasteiger partial charge on any atom is -0.507 e. The minimum absolute atomic E-state index is 0. The van der Waals surface area contributed by atoms with Gasteiger partial charge in [0.1, 0.15) is 5.75 Å². The predicted molar refractivity (Wildman–Crippen MR) is 141 cm³/mol. The van der Waals surface area contributed by atoms with Gasteiger partial charge in [0, 0.05) is 59.3 Å². The number of pyridine rings is 1. The molecule has 0 fully saturated rings. The van der Waals surface area contributed by atoms with Crippen LogP contribution in [0.25, 0.3) is 22.0 Å². The van der Waals surface area contributed by atoms with Crippen molar-refractivity contribution in [3.05, 3.63) is 47.4 Å². The highest BCUT2D eigenvalue weighted by Gasteiger charge is 2.29. The van der Waals surface area contributed by atoms with E-state index in [1.807, 2.05) is 70.0 Å². The molecule has 0 saturated carbocycles. The summed E-state index contributed by atoms with van der Waals surface area (Å²) in [6.07, 6.45) is 3.40. The number of carbonyl (C=O) groups is 1. The van der Waals surface area contributed by atoms with Crippen LogP contribution < -0.4 is 0 Å². The number of phenols is 1. The van der Waals surface area contributed by atoms with Crippen molar-refractivity contribution in [1.29, 1.82) is 0 Å². The number of carboxylic acids is 1. The zero-order chi connectivity index (χ0) is 22.2. The summed E-state index contributed by atoms with van der Waals surface area (Å²) in [5, 5.41) is 22.0. The van der Waals surface area contributed by atoms with E-state index in [2.05, 4.69) is 9.55 Å². The van der Waals surface area contributed by atoms with Gasteiger partial charge < -0.3 is 24.6 Å². The maximum absolute atomic E-state index is 12.4. The number of aromatic nitrogens is 2. The average molecular weight is 520 g/mol. The molecule has 0 radical (unpaired) electrons. The lowest BCUT2D eigenvalue weighted by molar-refractivity contribution is 0.0696. The van der Waals surface area contributed by atoms with Gasteiger partial charge in [0.15, 0.2) is 0 Å². The molecule has 33 heavy (non-hydrogen) atoms. The molecule has 0 amide bonds. The highest BCUT2D eigenvalue weighted by molar-refractivity contribution is 6.09. The molecule has 0 bridgehead atoms. The lowest BCUT2D eigenvalue weighted by atomic mass is 9.96. The number of aromatic hydroxyl groups is 1. The maximum atomic E-state index is 12.4. The van der Waals surface area contributed by atoms with Gasteiger partial charge in [0.2, 0.25) is 0 Å². The number of halogens is 3. The molecule has 2 heterocycles. The molecule has 0 saturated heterocycles. The Morgan fingerprint density at radius 3 is 2.15 bits per heavy atom.